The van der Waals surface area contributed by atoms with Gasteiger partial charge in [-0.25, -0.2) is 0 Å². The number of hydrogen-bond acceptors (Lipinski definition) is 2. The van der Waals surface area contributed by atoms with Crippen LogP contribution in [0.4, 0.5) is 0 Å². The van der Waals surface area contributed by atoms with E-state index in [0.29, 0.717) is 18.9 Å². The zero-order chi connectivity index (χ0) is 15.0. The lowest BCUT2D eigenvalue weighted by Crippen LogP contribution is -2.36. The molecule has 0 fully saturated rings. The summed E-state index contributed by atoms with van der Waals surface area (Å²) >= 11 is 0. The highest BCUT2D eigenvalue weighted by atomic mass is 16.2. The second-order valence-electron chi connectivity index (χ2n) is 5.86. The fourth-order valence-corrected chi connectivity index (χ4v) is 2.20. The maximum atomic E-state index is 12.3. The molecule has 1 aromatic carbocycles. The molecule has 2 N–H and O–H groups in total. The summed E-state index contributed by atoms with van der Waals surface area (Å²) in [6, 6.07) is 8.41. The minimum atomic E-state index is 0.243. The molecule has 0 aliphatic carbocycles. The van der Waals surface area contributed by atoms with Crippen molar-refractivity contribution in [1.29, 1.82) is 0 Å². The third-order valence-electron chi connectivity index (χ3n) is 3.32. The minimum absolute atomic E-state index is 0.243. The number of rotatable bonds is 8. The van der Waals surface area contributed by atoms with Gasteiger partial charge in [-0.2, -0.15) is 0 Å². The van der Waals surface area contributed by atoms with Gasteiger partial charge in [0, 0.05) is 19.5 Å². The first kappa shape index (κ1) is 16.7. The first-order chi connectivity index (χ1) is 9.52. The molecule has 0 unspecified atom stereocenters. The second kappa shape index (κ2) is 8.75. The number of benzene rings is 1. The molecule has 0 atom stereocenters. The van der Waals surface area contributed by atoms with Gasteiger partial charge >= 0.3 is 0 Å². The van der Waals surface area contributed by atoms with Crippen molar-refractivity contribution in [2.45, 2.75) is 40.0 Å². The van der Waals surface area contributed by atoms with Gasteiger partial charge in [-0.15, -0.1) is 0 Å². The summed E-state index contributed by atoms with van der Waals surface area (Å²) in [5.74, 6) is 0.740. The van der Waals surface area contributed by atoms with E-state index in [1.54, 1.807) is 0 Å². The van der Waals surface area contributed by atoms with Crippen molar-refractivity contribution in [3.05, 3.63) is 35.4 Å². The van der Waals surface area contributed by atoms with Crippen molar-refractivity contribution in [2.75, 3.05) is 19.6 Å². The van der Waals surface area contributed by atoms with E-state index in [-0.39, 0.29) is 5.91 Å². The highest BCUT2D eigenvalue weighted by Gasteiger charge is 2.14. The second-order valence-corrected chi connectivity index (χ2v) is 5.86. The van der Waals surface area contributed by atoms with Crippen molar-refractivity contribution in [3.63, 3.8) is 0 Å². The van der Waals surface area contributed by atoms with Crippen LogP contribution in [0.5, 0.6) is 0 Å². The van der Waals surface area contributed by atoms with Gasteiger partial charge in [0.05, 0.1) is 0 Å². The number of nitrogens with zero attached hydrogens (tertiary/aromatic N) is 1. The fourth-order valence-electron chi connectivity index (χ4n) is 2.20. The van der Waals surface area contributed by atoms with E-state index >= 15 is 0 Å². The van der Waals surface area contributed by atoms with Crippen LogP contribution in [-0.2, 0) is 11.2 Å². The van der Waals surface area contributed by atoms with Crippen molar-refractivity contribution in [2.24, 2.45) is 11.7 Å². The molecular formula is C17H28N2O. The molecule has 0 aliphatic rings. The van der Waals surface area contributed by atoms with Crippen LogP contribution in [0.15, 0.2) is 24.3 Å². The van der Waals surface area contributed by atoms with E-state index < -0.39 is 0 Å². The number of nitrogens with two attached hydrogens (primary N) is 1. The monoisotopic (exact) mass is 276 g/mol. The largest absolute Gasteiger partial charge is 0.342 e. The Morgan fingerprint density at radius 2 is 1.90 bits per heavy atom. The van der Waals surface area contributed by atoms with E-state index in [0.717, 1.165) is 25.9 Å². The van der Waals surface area contributed by atoms with Crippen molar-refractivity contribution < 1.29 is 4.79 Å². The van der Waals surface area contributed by atoms with E-state index in [4.69, 9.17) is 5.73 Å². The van der Waals surface area contributed by atoms with Gasteiger partial charge in [0.15, 0.2) is 0 Å². The number of aryl methyl sites for hydroxylation is 2. The number of carbonyl (C=O) groups is 1. The third kappa shape index (κ3) is 6.20. The van der Waals surface area contributed by atoms with E-state index in [1.807, 2.05) is 4.90 Å². The van der Waals surface area contributed by atoms with Gasteiger partial charge in [0.2, 0.25) is 5.91 Å². The highest BCUT2D eigenvalue weighted by Crippen LogP contribution is 2.09. The van der Waals surface area contributed by atoms with E-state index in [2.05, 4.69) is 45.0 Å². The van der Waals surface area contributed by atoms with E-state index in [1.165, 1.54) is 11.1 Å². The average molecular weight is 276 g/mol. The summed E-state index contributed by atoms with van der Waals surface area (Å²) in [4.78, 5) is 14.3. The van der Waals surface area contributed by atoms with Crippen LogP contribution in [0, 0.1) is 12.8 Å². The molecule has 20 heavy (non-hydrogen) atoms. The first-order valence-electron chi connectivity index (χ1n) is 7.56. The van der Waals surface area contributed by atoms with Gasteiger partial charge < -0.3 is 10.6 Å². The highest BCUT2D eigenvalue weighted by molar-refractivity contribution is 5.76. The molecule has 112 valence electrons. The molecule has 0 heterocycles. The Labute approximate surface area is 123 Å². The first-order valence-corrected chi connectivity index (χ1v) is 7.56. The van der Waals surface area contributed by atoms with Crippen LogP contribution in [0.2, 0.25) is 0 Å². The quantitative estimate of drug-likeness (QED) is 0.793. The summed E-state index contributed by atoms with van der Waals surface area (Å²) in [6.07, 6.45) is 2.28. The molecule has 0 aliphatic heterocycles. The van der Waals surface area contributed by atoms with Crippen LogP contribution in [0.3, 0.4) is 0 Å². The Morgan fingerprint density at radius 1 is 1.25 bits per heavy atom. The van der Waals surface area contributed by atoms with Gasteiger partial charge in [0.1, 0.15) is 0 Å². The molecule has 0 radical (unpaired) electrons. The van der Waals surface area contributed by atoms with Crippen LogP contribution >= 0.6 is 0 Å². The molecule has 1 aromatic rings. The maximum Gasteiger partial charge on any atom is 0.222 e. The normalized spacial score (nSPS) is 10.8. The van der Waals surface area contributed by atoms with Crippen LogP contribution in [-0.4, -0.2) is 30.4 Å². The predicted octanol–water partition coefficient (Wildman–Crippen LogP) is 2.76. The molecule has 0 spiro atoms. The summed E-state index contributed by atoms with van der Waals surface area (Å²) < 4.78 is 0. The minimum Gasteiger partial charge on any atom is -0.342 e. The van der Waals surface area contributed by atoms with Gasteiger partial charge in [-0.05, 0) is 37.8 Å². The molecule has 0 bridgehead atoms. The average Bonchev–Trinajstić information content (AvgIpc) is 2.42. The molecule has 3 heteroatoms. The number of amides is 1. The maximum absolute atomic E-state index is 12.3. The fraction of sp³-hybridized carbons (Fsp3) is 0.588. The molecular weight excluding hydrogens is 248 g/mol. The number of carbonyl (C=O) groups excluding carboxylic acids is 1. The van der Waals surface area contributed by atoms with Crippen LogP contribution in [0.25, 0.3) is 0 Å². The molecule has 0 aromatic heterocycles. The zero-order valence-corrected chi connectivity index (χ0v) is 13.1. The summed E-state index contributed by atoms with van der Waals surface area (Å²) in [5.41, 5.74) is 8.03. The molecule has 0 saturated heterocycles. The van der Waals surface area contributed by atoms with Gasteiger partial charge in [-0.3, -0.25) is 4.79 Å². The standard InChI is InChI=1S/C17H28N2O/c1-14(2)13-19(12-4-11-18)17(20)10-9-16-7-5-15(3)6-8-16/h5-8,14H,4,9-13,18H2,1-3H3. The smallest absolute Gasteiger partial charge is 0.222 e. The number of hydrogen-bond donors (Lipinski definition) is 1. The topological polar surface area (TPSA) is 46.3 Å². The zero-order valence-electron chi connectivity index (χ0n) is 13.1. The predicted molar refractivity (Wildman–Crippen MR) is 84.6 cm³/mol. The third-order valence-corrected chi connectivity index (χ3v) is 3.32. The Bertz CT molecular complexity index is 398. The van der Waals surface area contributed by atoms with Crippen molar-refractivity contribution >= 4 is 5.91 Å². The molecule has 1 rings (SSSR count). The lowest BCUT2D eigenvalue weighted by atomic mass is 10.1. The summed E-state index contributed by atoms with van der Waals surface area (Å²) in [6.45, 7) is 8.60. The molecule has 3 nitrogen and oxygen atoms in total. The SMILES string of the molecule is Cc1ccc(CCC(=O)N(CCCN)CC(C)C)cc1. The lowest BCUT2D eigenvalue weighted by molar-refractivity contribution is -0.131. The molecule has 0 saturated carbocycles. The van der Waals surface area contributed by atoms with Crippen LogP contribution in [0.1, 0.15) is 37.8 Å². The Hall–Kier alpha value is -1.35. The van der Waals surface area contributed by atoms with Gasteiger partial charge in [-0.1, -0.05) is 43.7 Å². The Kier molecular flexibility index (Phi) is 7.31. The van der Waals surface area contributed by atoms with E-state index in [9.17, 15) is 4.79 Å². The van der Waals surface area contributed by atoms with Crippen molar-refractivity contribution in [3.8, 4) is 0 Å². The van der Waals surface area contributed by atoms with Crippen LogP contribution < -0.4 is 5.73 Å². The summed E-state index contributed by atoms with van der Waals surface area (Å²) in [7, 11) is 0. The Morgan fingerprint density at radius 3 is 2.45 bits per heavy atom. The van der Waals surface area contributed by atoms with Gasteiger partial charge in [0.25, 0.3) is 0 Å². The lowest BCUT2D eigenvalue weighted by Gasteiger charge is -2.24. The van der Waals surface area contributed by atoms with Crippen molar-refractivity contribution in [1.82, 2.24) is 4.90 Å². The summed E-state index contributed by atoms with van der Waals surface area (Å²) in [5, 5.41) is 0. The Balaban J connectivity index is 2.49. The molecule has 1 amide bonds.